The number of benzene rings is 4. The molecule has 11 heteroatoms. The molecule has 2 amide bonds. The van der Waals surface area contributed by atoms with Gasteiger partial charge in [-0.1, -0.05) is 103 Å². The van der Waals surface area contributed by atoms with Crippen molar-refractivity contribution in [2.45, 2.75) is 75.5 Å². The second kappa shape index (κ2) is 14.9. The number of aliphatic hydroxyl groups excluding tert-OH is 1. The Morgan fingerprint density at radius 3 is 2.38 bits per heavy atom. The molecule has 1 spiro atoms. The van der Waals surface area contributed by atoms with Gasteiger partial charge in [-0.2, -0.15) is 0 Å². The van der Waals surface area contributed by atoms with Crippen LogP contribution in [0.15, 0.2) is 109 Å². The summed E-state index contributed by atoms with van der Waals surface area (Å²) >= 11 is 0. The van der Waals surface area contributed by atoms with Crippen LogP contribution >= 0.6 is 0 Å². The number of nitrogens with zero attached hydrogens (tertiary/aromatic N) is 5. The van der Waals surface area contributed by atoms with Crippen LogP contribution in [0.4, 0.5) is 11.4 Å². The highest BCUT2D eigenvalue weighted by molar-refractivity contribution is 6.91. The Morgan fingerprint density at radius 1 is 0.964 bits per heavy atom. The topological polar surface area (TPSA) is 110 Å². The van der Waals surface area contributed by atoms with Crippen LogP contribution in [-0.2, 0) is 33.0 Å². The summed E-state index contributed by atoms with van der Waals surface area (Å²) in [6.45, 7) is 8.59. The molecule has 284 valence electrons. The molecule has 3 aliphatic heterocycles. The first kappa shape index (κ1) is 36.9. The minimum Gasteiger partial charge on any atom is -0.497 e. The molecular weight excluding hydrogens is 707 g/mol. The number of aromatic nitrogens is 3. The summed E-state index contributed by atoms with van der Waals surface area (Å²) in [5, 5.41) is 20.5. The summed E-state index contributed by atoms with van der Waals surface area (Å²) in [6.07, 6.45) is 3.76. The van der Waals surface area contributed by atoms with Gasteiger partial charge in [-0.15, -0.1) is 5.10 Å². The van der Waals surface area contributed by atoms with Crippen LogP contribution in [-0.4, -0.2) is 66.4 Å². The number of anilines is 2. The molecule has 4 aromatic carbocycles. The lowest BCUT2D eigenvalue weighted by Gasteiger charge is -2.37. The Kier molecular flexibility index (Phi) is 9.95. The molecule has 1 unspecified atom stereocenters. The van der Waals surface area contributed by atoms with E-state index in [1.807, 2.05) is 106 Å². The Morgan fingerprint density at radius 2 is 1.69 bits per heavy atom. The lowest BCUT2D eigenvalue weighted by Crippen LogP contribution is -2.51. The summed E-state index contributed by atoms with van der Waals surface area (Å²) in [6, 6.07) is 34.4. The van der Waals surface area contributed by atoms with Crippen molar-refractivity contribution < 1.29 is 24.2 Å². The zero-order chi connectivity index (χ0) is 38.3. The number of hydrogen-bond donors (Lipinski definition) is 1. The van der Waals surface area contributed by atoms with Crippen LogP contribution in [0.2, 0.25) is 18.6 Å². The number of fused-ring (bicyclic) bond motifs is 2. The monoisotopic (exact) mass is 755 g/mol. The van der Waals surface area contributed by atoms with Crippen molar-refractivity contribution in [1.82, 2.24) is 15.0 Å². The molecule has 5 aromatic rings. The molecule has 0 radical (unpaired) electrons. The Labute approximate surface area is 323 Å². The van der Waals surface area contributed by atoms with Gasteiger partial charge in [-0.3, -0.25) is 14.3 Å². The second-order valence-electron chi connectivity index (χ2n) is 15.7. The molecule has 5 atom stereocenters. The molecule has 8 rings (SSSR count). The fourth-order valence-corrected chi connectivity index (χ4v) is 13.5. The van der Waals surface area contributed by atoms with Gasteiger partial charge < -0.3 is 24.4 Å². The number of methoxy groups -OCH3 is 1. The lowest BCUT2D eigenvalue weighted by molar-refractivity contribution is -0.146. The van der Waals surface area contributed by atoms with Crippen molar-refractivity contribution >= 4 is 36.4 Å². The molecule has 2 saturated heterocycles. The third-order valence-electron chi connectivity index (χ3n) is 12.3. The minimum atomic E-state index is -2.34. The van der Waals surface area contributed by atoms with Gasteiger partial charge in [-0.05, 0) is 59.8 Å². The van der Waals surface area contributed by atoms with E-state index in [1.165, 1.54) is 5.19 Å². The van der Waals surface area contributed by atoms with E-state index in [0.717, 1.165) is 46.8 Å². The molecule has 1 N–H and O–H groups in total. The number of carbonyl (C=O) groups is 2. The lowest BCUT2D eigenvalue weighted by atomic mass is 9.82. The second-order valence-corrected chi connectivity index (χ2v) is 20.4. The third-order valence-corrected chi connectivity index (χ3v) is 16.7. The van der Waals surface area contributed by atoms with E-state index < -0.39 is 13.7 Å². The van der Waals surface area contributed by atoms with E-state index in [0.29, 0.717) is 31.6 Å². The Bertz CT molecular complexity index is 2160. The molecule has 3 aliphatic rings. The zero-order valence-electron chi connectivity index (χ0n) is 32.0. The normalized spacial score (nSPS) is 22.8. The van der Waals surface area contributed by atoms with Crippen LogP contribution < -0.4 is 19.7 Å². The summed E-state index contributed by atoms with van der Waals surface area (Å²) in [5.74, 6) is 0.524. The minimum absolute atomic E-state index is 0.0382. The van der Waals surface area contributed by atoms with Gasteiger partial charge in [0.2, 0.25) is 5.91 Å². The summed E-state index contributed by atoms with van der Waals surface area (Å²) in [7, 11) is -0.656. The number of aliphatic hydroxyl groups is 1. The number of carbonyl (C=O) groups excluding carboxylic acids is 2. The SMILES string of the molecule is COc1ccc([Si](C)(C)[C@@H]2[C@@H](CCn3cc(C(CO)c4ccccc4)nn3)O[C@]3(C(=O)N(Cc4ccc(N5CCCC5=O)cc4)c4ccccc43)[C@H]2C)cc1. The highest BCUT2D eigenvalue weighted by Gasteiger charge is 2.66. The number of amides is 2. The van der Waals surface area contributed by atoms with Crippen molar-refractivity contribution in [2.75, 3.05) is 30.1 Å². The molecule has 4 heterocycles. The van der Waals surface area contributed by atoms with Crippen molar-refractivity contribution in [3.63, 3.8) is 0 Å². The van der Waals surface area contributed by atoms with Gasteiger partial charge in [0.25, 0.3) is 5.91 Å². The maximum absolute atomic E-state index is 15.2. The summed E-state index contributed by atoms with van der Waals surface area (Å²) in [4.78, 5) is 31.3. The molecule has 10 nitrogen and oxygen atoms in total. The molecule has 0 aliphatic carbocycles. The van der Waals surface area contributed by atoms with Crippen LogP contribution in [0.25, 0.3) is 0 Å². The summed E-state index contributed by atoms with van der Waals surface area (Å²) in [5.41, 5.74) is 4.28. The largest absolute Gasteiger partial charge is 0.497 e. The number of aryl methyl sites for hydroxylation is 1. The van der Waals surface area contributed by atoms with Crippen molar-refractivity contribution in [1.29, 1.82) is 0 Å². The smallest absolute Gasteiger partial charge is 0.264 e. The average molecular weight is 756 g/mol. The molecule has 0 saturated carbocycles. The van der Waals surface area contributed by atoms with E-state index in [2.05, 4.69) is 48.5 Å². The first-order chi connectivity index (χ1) is 26.6. The fraction of sp³-hybridized carbons (Fsp3) is 0.364. The highest BCUT2D eigenvalue weighted by atomic mass is 28.3. The number of hydrogen-bond acceptors (Lipinski definition) is 7. The number of para-hydroxylation sites is 1. The molecule has 2 fully saturated rings. The van der Waals surface area contributed by atoms with Crippen molar-refractivity contribution in [2.24, 2.45) is 5.92 Å². The van der Waals surface area contributed by atoms with Crippen molar-refractivity contribution in [3.05, 3.63) is 132 Å². The maximum atomic E-state index is 15.2. The van der Waals surface area contributed by atoms with Crippen LogP contribution in [0.3, 0.4) is 0 Å². The van der Waals surface area contributed by atoms with Gasteiger partial charge in [0.15, 0.2) is 5.60 Å². The first-order valence-electron chi connectivity index (χ1n) is 19.3. The number of ether oxygens (including phenoxy) is 2. The molecule has 55 heavy (non-hydrogen) atoms. The van der Waals surface area contributed by atoms with Gasteiger partial charge >= 0.3 is 0 Å². The van der Waals surface area contributed by atoms with Crippen LogP contribution in [0.5, 0.6) is 5.75 Å². The first-order valence-corrected chi connectivity index (χ1v) is 22.4. The number of rotatable bonds is 12. The zero-order valence-corrected chi connectivity index (χ0v) is 33.0. The predicted molar refractivity (Wildman–Crippen MR) is 215 cm³/mol. The van der Waals surface area contributed by atoms with Gasteiger partial charge in [0, 0.05) is 42.9 Å². The van der Waals surface area contributed by atoms with Gasteiger partial charge in [0.05, 0.1) is 51.7 Å². The standard InChI is InChI=1S/C44H49N5O5Si/c1-30-42(55(3,4)35-22-20-34(53-2)21-23-35)40(24-26-47-28-38(45-46-47)36(29-50)32-11-6-5-7-12-32)54-44(30)37-13-8-9-14-39(37)49(43(44)52)27-31-16-18-33(19-17-31)48-25-10-15-41(48)51/h5-9,11-14,16-23,28,30,36,40,42,50H,10,15,24-27,29H2,1-4H3/t30-,36?,40+,42-,44+/m0/s1. The maximum Gasteiger partial charge on any atom is 0.264 e. The van der Waals surface area contributed by atoms with Crippen molar-refractivity contribution in [3.8, 4) is 5.75 Å². The Balaban J connectivity index is 1.11. The van der Waals surface area contributed by atoms with Crippen LogP contribution in [0.1, 0.15) is 54.5 Å². The molecule has 0 bridgehead atoms. The third kappa shape index (κ3) is 6.47. The Hall–Kier alpha value is -5.10. The fourth-order valence-electron chi connectivity index (χ4n) is 9.48. The van der Waals surface area contributed by atoms with Crippen LogP contribution in [0, 0.1) is 5.92 Å². The average Bonchev–Trinajstić information content (AvgIpc) is 3.98. The van der Waals surface area contributed by atoms with Gasteiger partial charge in [0.1, 0.15) is 5.75 Å². The van der Waals surface area contributed by atoms with Gasteiger partial charge in [-0.25, -0.2) is 0 Å². The quantitative estimate of drug-likeness (QED) is 0.147. The molecular formula is C44H49N5O5Si. The predicted octanol–water partition coefficient (Wildman–Crippen LogP) is 6.39. The van der Waals surface area contributed by atoms with E-state index >= 15 is 4.79 Å². The van der Waals surface area contributed by atoms with E-state index in [4.69, 9.17) is 9.47 Å². The van der Waals surface area contributed by atoms with E-state index in [9.17, 15) is 9.90 Å². The molecule has 1 aromatic heterocycles. The highest BCUT2D eigenvalue weighted by Crippen LogP contribution is 2.60. The summed E-state index contributed by atoms with van der Waals surface area (Å²) < 4.78 is 14.7. The van der Waals surface area contributed by atoms with E-state index in [1.54, 1.807) is 7.11 Å². The van der Waals surface area contributed by atoms with E-state index in [-0.39, 0.29) is 41.9 Å².